The van der Waals surface area contributed by atoms with Gasteiger partial charge in [0.1, 0.15) is 5.82 Å². The fraction of sp³-hybridized carbons (Fsp3) is 0.667. The van der Waals surface area contributed by atoms with Gasteiger partial charge in [-0.1, -0.05) is 19.8 Å². The number of likely N-dealkylation sites (tertiary alicyclic amines) is 1. The number of hydrogen-bond acceptors (Lipinski definition) is 4. The van der Waals surface area contributed by atoms with Crippen LogP contribution in [-0.4, -0.2) is 54.4 Å². The molecule has 0 aromatic carbocycles. The van der Waals surface area contributed by atoms with Gasteiger partial charge in [-0.3, -0.25) is 9.59 Å². The third-order valence-electron chi connectivity index (χ3n) is 5.57. The molecule has 0 radical (unpaired) electrons. The average molecular weight is 373 g/mol. The molecule has 0 spiro atoms. The number of anilines is 1. The summed E-state index contributed by atoms with van der Waals surface area (Å²) in [6, 6.07) is 3.60. The monoisotopic (exact) mass is 372 g/mol. The molecule has 2 aliphatic rings. The van der Waals surface area contributed by atoms with E-state index in [1.165, 1.54) is 19.3 Å². The molecule has 0 aliphatic carbocycles. The fourth-order valence-electron chi connectivity index (χ4n) is 3.99. The first-order valence-corrected chi connectivity index (χ1v) is 10.4. The van der Waals surface area contributed by atoms with Crippen LogP contribution in [0.1, 0.15) is 62.2 Å². The zero-order chi connectivity index (χ0) is 19.1. The lowest BCUT2D eigenvalue weighted by Gasteiger charge is -2.31. The summed E-state index contributed by atoms with van der Waals surface area (Å²) in [7, 11) is 0. The highest BCUT2D eigenvalue weighted by molar-refractivity contribution is 5.95. The van der Waals surface area contributed by atoms with Crippen molar-refractivity contribution in [2.45, 2.75) is 51.9 Å². The first-order chi connectivity index (χ1) is 13.1. The molecule has 2 fully saturated rings. The molecule has 6 nitrogen and oxygen atoms in total. The van der Waals surface area contributed by atoms with Crippen molar-refractivity contribution in [1.29, 1.82) is 0 Å². The topological polar surface area (TPSA) is 65.5 Å². The Balaban J connectivity index is 1.49. The maximum Gasteiger partial charge on any atom is 0.251 e. The zero-order valence-electron chi connectivity index (χ0n) is 16.5. The maximum atomic E-state index is 12.5. The number of aromatic nitrogens is 1. The van der Waals surface area contributed by atoms with Crippen LogP contribution in [0.5, 0.6) is 0 Å². The van der Waals surface area contributed by atoms with Crippen LogP contribution in [0.25, 0.3) is 0 Å². The number of carbonyl (C=O) groups is 2. The molecule has 1 atom stereocenters. The van der Waals surface area contributed by atoms with E-state index in [-0.39, 0.29) is 11.8 Å². The quantitative estimate of drug-likeness (QED) is 0.863. The molecule has 1 aromatic heterocycles. The molecule has 148 valence electrons. The average Bonchev–Trinajstić information content (AvgIpc) is 2.97. The van der Waals surface area contributed by atoms with E-state index in [1.807, 2.05) is 11.0 Å². The third-order valence-corrected chi connectivity index (χ3v) is 5.57. The van der Waals surface area contributed by atoms with E-state index in [2.05, 4.69) is 22.1 Å². The minimum atomic E-state index is -0.132. The summed E-state index contributed by atoms with van der Waals surface area (Å²) in [5.74, 6) is 1.54. The molecular weight excluding hydrogens is 340 g/mol. The zero-order valence-corrected chi connectivity index (χ0v) is 16.5. The lowest BCUT2D eigenvalue weighted by molar-refractivity contribution is -0.131. The van der Waals surface area contributed by atoms with Crippen molar-refractivity contribution in [1.82, 2.24) is 15.2 Å². The Morgan fingerprint density at radius 3 is 2.67 bits per heavy atom. The van der Waals surface area contributed by atoms with Gasteiger partial charge in [0.2, 0.25) is 5.91 Å². The summed E-state index contributed by atoms with van der Waals surface area (Å²) in [5, 5.41) is 2.89. The number of nitrogens with zero attached hydrogens (tertiary/aromatic N) is 3. The van der Waals surface area contributed by atoms with E-state index < -0.39 is 0 Å². The predicted molar refractivity (Wildman–Crippen MR) is 107 cm³/mol. The Morgan fingerprint density at radius 1 is 1.15 bits per heavy atom. The summed E-state index contributed by atoms with van der Waals surface area (Å²) in [4.78, 5) is 33.4. The number of pyridine rings is 1. The lowest BCUT2D eigenvalue weighted by atomic mass is 10.0. The Hall–Kier alpha value is -2.11. The van der Waals surface area contributed by atoms with Crippen molar-refractivity contribution in [2.24, 2.45) is 5.92 Å². The second-order valence-electron chi connectivity index (χ2n) is 7.90. The molecule has 1 aromatic rings. The van der Waals surface area contributed by atoms with Gasteiger partial charge in [0.05, 0.1) is 0 Å². The lowest BCUT2D eigenvalue weighted by Crippen LogP contribution is -2.36. The Kier molecular flexibility index (Phi) is 7.07. The van der Waals surface area contributed by atoms with E-state index in [1.54, 1.807) is 12.3 Å². The van der Waals surface area contributed by atoms with Gasteiger partial charge in [0, 0.05) is 50.9 Å². The minimum Gasteiger partial charge on any atom is -0.356 e. The van der Waals surface area contributed by atoms with Gasteiger partial charge in [0.15, 0.2) is 0 Å². The molecule has 2 amide bonds. The van der Waals surface area contributed by atoms with Gasteiger partial charge in [0.25, 0.3) is 5.91 Å². The fourth-order valence-corrected chi connectivity index (χ4v) is 3.99. The minimum absolute atomic E-state index is 0.132. The van der Waals surface area contributed by atoms with Gasteiger partial charge in [-0.15, -0.1) is 0 Å². The number of hydrogen-bond donors (Lipinski definition) is 1. The second kappa shape index (κ2) is 9.72. The van der Waals surface area contributed by atoms with E-state index >= 15 is 0 Å². The standard InChI is InChI=1S/C21H32N4O2/c1-17-7-6-14-25(16-17)19-15-18(8-10-22-19)21(27)23-11-9-20(26)24-12-4-2-3-5-13-24/h8,10,15,17H,2-7,9,11-14,16H2,1H3,(H,23,27). The number of piperidine rings is 1. The number of rotatable bonds is 5. The molecule has 27 heavy (non-hydrogen) atoms. The van der Waals surface area contributed by atoms with E-state index in [9.17, 15) is 9.59 Å². The Labute approximate surface area is 162 Å². The second-order valence-corrected chi connectivity index (χ2v) is 7.90. The van der Waals surface area contributed by atoms with Crippen molar-refractivity contribution in [2.75, 3.05) is 37.6 Å². The first-order valence-electron chi connectivity index (χ1n) is 10.4. The summed E-state index contributed by atoms with van der Waals surface area (Å²) in [6.07, 6.45) is 9.08. The van der Waals surface area contributed by atoms with Gasteiger partial charge in [-0.2, -0.15) is 0 Å². The van der Waals surface area contributed by atoms with Gasteiger partial charge in [-0.05, 0) is 43.7 Å². The maximum absolute atomic E-state index is 12.5. The molecule has 2 aliphatic heterocycles. The molecular formula is C21H32N4O2. The van der Waals surface area contributed by atoms with Crippen LogP contribution in [0.3, 0.4) is 0 Å². The number of carbonyl (C=O) groups excluding carboxylic acids is 2. The normalized spacial score (nSPS) is 20.9. The van der Waals surface area contributed by atoms with Crippen molar-refractivity contribution >= 4 is 17.6 Å². The predicted octanol–water partition coefficient (Wildman–Crippen LogP) is 2.84. The van der Waals surface area contributed by atoms with Crippen LogP contribution in [0.15, 0.2) is 18.3 Å². The number of nitrogens with one attached hydrogen (secondary N) is 1. The molecule has 1 unspecified atom stereocenters. The first kappa shape index (κ1) is 19.6. The van der Waals surface area contributed by atoms with E-state index in [0.717, 1.165) is 51.3 Å². The van der Waals surface area contributed by atoms with Crippen LogP contribution < -0.4 is 10.2 Å². The molecule has 0 saturated carbocycles. The van der Waals surface area contributed by atoms with Gasteiger partial charge in [-0.25, -0.2) is 4.98 Å². The highest BCUT2D eigenvalue weighted by atomic mass is 16.2. The van der Waals surface area contributed by atoms with Gasteiger partial charge < -0.3 is 15.1 Å². The van der Waals surface area contributed by atoms with Crippen molar-refractivity contribution < 1.29 is 9.59 Å². The number of amides is 2. The van der Waals surface area contributed by atoms with Crippen molar-refractivity contribution in [3.63, 3.8) is 0 Å². The highest BCUT2D eigenvalue weighted by Gasteiger charge is 2.19. The molecule has 3 heterocycles. The molecule has 6 heteroatoms. The summed E-state index contributed by atoms with van der Waals surface area (Å²) in [5.41, 5.74) is 0.612. The summed E-state index contributed by atoms with van der Waals surface area (Å²) >= 11 is 0. The Bertz CT molecular complexity index is 641. The van der Waals surface area contributed by atoms with Crippen LogP contribution in [0.4, 0.5) is 5.82 Å². The van der Waals surface area contributed by atoms with E-state index in [4.69, 9.17) is 0 Å². The molecule has 2 saturated heterocycles. The van der Waals surface area contributed by atoms with Crippen molar-refractivity contribution in [3.8, 4) is 0 Å². The molecule has 1 N–H and O–H groups in total. The van der Waals surface area contributed by atoms with Gasteiger partial charge >= 0.3 is 0 Å². The van der Waals surface area contributed by atoms with Crippen molar-refractivity contribution in [3.05, 3.63) is 23.9 Å². The largest absolute Gasteiger partial charge is 0.356 e. The smallest absolute Gasteiger partial charge is 0.251 e. The van der Waals surface area contributed by atoms with Crippen LogP contribution >= 0.6 is 0 Å². The molecule has 0 bridgehead atoms. The summed E-state index contributed by atoms with van der Waals surface area (Å²) < 4.78 is 0. The summed E-state index contributed by atoms with van der Waals surface area (Å²) in [6.45, 7) is 6.33. The Morgan fingerprint density at radius 2 is 1.93 bits per heavy atom. The van der Waals surface area contributed by atoms with Crippen LogP contribution in [0, 0.1) is 5.92 Å². The van der Waals surface area contributed by atoms with Crippen LogP contribution in [-0.2, 0) is 4.79 Å². The molecule has 3 rings (SSSR count). The third kappa shape index (κ3) is 5.68. The highest BCUT2D eigenvalue weighted by Crippen LogP contribution is 2.21. The SMILES string of the molecule is CC1CCCN(c2cc(C(=O)NCCC(=O)N3CCCCCC3)ccn2)C1. The van der Waals surface area contributed by atoms with Crippen LogP contribution in [0.2, 0.25) is 0 Å². The van der Waals surface area contributed by atoms with E-state index in [0.29, 0.717) is 24.4 Å².